The predicted molar refractivity (Wildman–Crippen MR) is 62.3 cm³/mol. The zero-order valence-electron chi connectivity index (χ0n) is 8.75. The molecule has 0 saturated carbocycles. The van der Waals surface area contributed by atoms with E-state index in [9.17, 15) is 14.9 Å². The fourth-order valence-electron chi connectivity index (χ4n) is 1.96. The molecule has 0 bridgehead atoms. The Hall–Kier alpha value is -1.66. The fourth-order valence-corrected chi connectivity index (χ4v) is 1.96. The number of nitrogens with two attached hydrogens (primary N) is 1. The third-order valence-electron chi connectivity index (χ3n) is 2.84. The van der Waals surface area contributed by atoms with Crippen molar-refractivity contribution in [1.29, 1.82) is 0 Å². The maximum Gasteiger partial charge on any atom is 0.324 e. The number of aliphatic carboxylic acids is 1. The van der Waals surface area contributed by atoms with Crippen LogP contribution in [-0.4, -0.2) is 21.5 Å². The first-order valence-electron chi connectivity index (χ1n) is 4.71. The van der Waals surface area contributed by atoms with Crippen molar-refractivity contribution >= 4 is 24.1 Å². The van der Waals surface area contributed by atoms with E-state index in [4.69, 9.17) is 10.8 Å². The van der Waals surface area contributed by atoms with Crippen LogP contribution in [0, 0.1) is 10.1 Å². The fraction of sp³-hybridized carbons (Fsp3) is 0.300. The number of benzene rings is 1. The van der Waals surface area contributed by atoms with Gasteiger partial charge in [-0.3, -0.25) is 14.9 Å². The molecule has 1 atom stereocenters. The molecule has 0 amide bonds. The van der Waals surface area contributed by atoms with Gasteiger partial charge in [0.1, 0.15) is 5.54 Å². The van der Waals surface area contributed by atoms with Gasteiger partial charge in [0.15, 0.2) is 0 Å². The summed E-state index contributed by atoms with van der Waals surface area (Å²) in [6, 6.07) is 4.34. The predicted octanol–water partition coefficient (Wildman–Crippen LogP) is 0.897. The summed E-state index contributed by atoms with van der Waals surface area (Å²) in [5.74, 6) is -1.08. The summed E-state index contributed by atoms with van der Waals surface area (Å²) in [6.07, 6.45) is 0.356. The highest BCUT2D eigenvalue weighted by Crippen LogP contribution is 2.31. The number of nitro benzene ring substituents is 1. The van der Waals surface area contributed by atoms with E-state index in [0.29, 0.717) is 5.56 Å². The Balaban J connectivity index is 0.00000144. The van der Waals surface area contributed by atoms with E-state index >= 15 is 0 Å². The van der Waals surface area contributed by atoms with Gasteiger partial charge in [-0.2, -0.15) is 0 Å². The van der Waals surface area contributed by atoms with E-state index in [1.807, 2.05) is 0 Å². The van der Waals surface area contributed by atoms with Crippen LogP contribution in [0.5, 0.6) is 0 Å². The van der Waals surface area contributed by atoms with Gasteiger partial charge in [-0.25, -0.2) is 0 Å². The number of carboxylic acid groups (broad SMARTS) is 1. The molecule has 2 rings (SSSR count). The number of rotatable bonds is 2. The molecule has 0 heterocycles. The minimum Gasteiger partial charge on any atom is -0.480 e. The van der Waals surface area contributed by atoms with E-state index < -0.39 is 16.4 Å². The first-order valence-corrected chi connectivity index (χ1v) is 4.71. The quantitative estimate of drug-likeness (QED) is 0.605. The number of fused-ring (bicyclic) bond motifs is 1. The summed E-state index contributed by atoms with van der Waals surface area (Å²) in [4.78, 5) is 21.0. The zero-order valence-corrected chi connectivity index (χ0v) is 9.57. The lowest BCUT2D eigenvalue weighted by Crippen LogP contribution is -2.48. The molecule has 3 N–H and O–H groups in total. The highest BCUT2D eigenvalue weighted by atomic mass is 35.5. The van der Waals surface area contributed by atoms with Gasteiger partial charge in [0.25, 0.3) is 5.69 Å². The van der Waals surface area contributed by atoms with Crippen LogP contribution in [0.1, 0.15) is 11.1 Å². The van der Waals surface area contributed by atoms with Gasteiger partial charge in [0.2, 0.25) is 0 Å². The van der Waals surface area contributed by atoms with Crippen molar-refractivity contribution in [3.05, 3.63) is 39.4 Å². The van der Waals surface area contributed by atoms with Crippen molar-refractivity contribution < 1.29 is 14.8 Å². The SMILES string of the molecule is Cl.NC1(C(=O)O)Cc2ccc([N+](=O)[O-])cc2C1. The second-order valence-electron chi connectivity index (χ2n) is 4.02. The molecule has 0 aromatic heterocycles. The Kier molecular flexibility index (Phi) is 3.40. The summed E-state index contributed by atoms with van der Waals surface area (Å²) in [6.45, 7) is 0. The summed E-state index contributed by atoms with van der Waals surface area (Å²) >= 11 is 0. The molecule has 0 aliphatic heterocycles. The number of nitrogens with zero attached hydrogens (tertiary/aromatic N) is 1. The standard InChI is InChI=1S/C10H10N2O4.ClH/c11-10(9(13)14)4-6-1-2-8(12(15)16)3-7(6)5-10;/h1-3H,4-5,11H2,(H,13,14);1H. The molecule has 1 aromatic carbocycles. The molecule has 0 saturated heterocycles. The normalized spacial score (nSPS) is 21.5. The van der Waals surface area contributed by atoms with Gasteiger partial charge in [-0.1, -0.05) is 6.07 Å². The molecule has 92 valence electrons. The molecular weight excluding hydrogens is 248 g/mol. The minimum absolute atomic E-state index is 0. The monoisotopic (exact) mass is 258 g/mol. The molecule has 7 heteroatoms. The molecule has 0 fully saturated rings. The number of nitro groups is 1. The van der Waals surface area contributed by atoms with Gasteiger partial charge in [0.05, 0.1) is 4.92 Å². The molecule has 17 heavy (non-hydrogen) atoms. The first kappa shape index (κ1) is 13.4. The maximum atomic E-state index is 11.0. The number of halogens is 1. The van der Waals surface area contributed by atoms with E-state index in [2.05, 4.69) is 0 Å². The summed E-state index contributed by atoms with van der Waals surface area (Å²) < 4.78 is 0. The first-order chi connectivity index (χ1) is 7.42. The topological polar surface area (TPSA) is 106 Å². The third kappa shape index (κ3) is 2.22. The van der Waals surface area contributed by atoms with Crippen LogP contribution in [0.3, 0.4) is 0 Å². The van der Waals surface area contributed by atoms with Crippen LogP contribution in [0.25, 0.3) is 0 Å². The van der Waals surface area contributed by atoms with Crippen LogP contribution < -0.4 is 5.73 Å². The highest BCUT2D eigenvalue weighted by Gasteiger charge is 2.40. The van der Waals surface area contributed by atoms with Crippen molar-refractivity contribution in [3.8, 4) is 0 Å². The lowest BCUT2D eigenvalue weighted by Gasteiger charge is -2.16. The van der Waals surface area contributed by atoms with Crippen molar-refractivity contribution in [2.24, 2.45) is 5.73 Å². The Bertz CT molecular complexity index is 491. The average molecular weight is 259 g/mol. The third-order valence-corrected chi connectivity index (χ3v) is 2.84. The lowest BCUT2D eigenvalue weighted by molar-refractivity contribution is -0.384. The molecule has 1 aromatic rings. The second-order valence-corrected chi connectivity index (χ2v) is 4.02. The number of hydrogen-bond acceptors (Lipinski definition) is 4. The smallest absolute Gasteiger partial charge is 0.324 e. The molecule has 6 nitrogen and oxygen atoms in total. The Labute approximate surface area is 103 Å². The van der Waals surface area contributed by atoms with Gasteiger partial charge < -0.3 is 10.8 Å². The lowest BCUT2D eigenvalue weighted by atomic mass is 9.98. The van der Waals surface area contributed by atoms with Crippen molar-refractivity contribution in [2.75, 3.05) is 0 Å². The Morgan fingerprint density at radius 2 is 2.00 bits per heavy atom. The molecule has 1 aliphatic carbocycles. The summed E-state index contributed by atoms with van der Waals surface area (Å²) in [5, 5.41) is 19.5. The molecular formula is C10H11ClN2O4. The number of carboxylic acids is 1. The maximum absolute atomic E-state index is 11.0. The van der Waals surface area contributed by atoms with E-state index in [0.717, 1.165) is 5.56 Å². The van der Waals surface area contributed by atoms with Crippen molar-refractivity contribution in [3.63, 3.8) is 0 Å². The van der Waals surface area contributed by atoms with Gasteiger partial charge in [0, 0.05) is 25.0 Å². The highest BCUT2D eigenvalue weighted by molar-refractivity contribution is 5.85. The van der Waals surface area contributed by atoms with E-state index in [1.165, 1.54) is 12.1 Å². The molecule has 0 radical (unpaired) electrons. The van der Waals surface area contributed by atoms with Crippen molar-refractivity contribution in [2.45, 2.75) is 18.4 Å². The number of hydrogen-bond donors (Lipinski definition) is 2. The van der Waals surface area contributed by atoms with E-state index in [-0.39, 0.29) is 30.9 Å². The molecule has 0 spiro atoms. The molecule has 1 unspecified atom stereocenters. The van der Waals surface area contributed by atoms with Gasteiger partial charge >= 0.3 is 5.97 Å². The van der Waals surface area contributed by atoms with Crippen LogP contribution in [0.15, 0.2) is 18.2 Å². The van der Waals surface area contributed by atoms with Gasteiger partial charge in [-0.05, 0) is 11.1 Å². The Morgan fingerprint density at radius 3 is 2.53 bits per heavy atom. The summed E-state index contributed by atoms with van der Waals surface area (Å²) in [5.41, 5.74) is 5.78. The Morgan fingerprint density at radius 1 is 1.41 bits per heavy atom. The number of non-ortho nitro benzene ring substituents is 1. The van der Waals surface area contributed by atoms with Crippen molar-refractivity contribution in [1.82, 2.24) is 0 Å². The van der Waals surface area contributed by atoms with Crippen LogP contribution in [-0.2, 0) is 17.6 Å². The number of carbonyl (C=O) groups is 1. The van der Waals surface area contributed by atoms with Gasteiger partial charge in [-0.15, -0.1) is 12.4 Å². The zero-order chi connectivity index (χ0) is 11.9. The van der Waals surface area contributed by atoms with Crippen LogP contribution in [0.2, 0.25) is 0 Å². The van der Waals surface area contributed by atoms with Crippen LogP contribution >= 0.6 is 12.4 Å². The van der Waals surface area contributed by atoms with E-state index in [1.54, 1.807) is 6.07 Å². The van der Waals surface area contributed by atoms with Crippen LogP contribution in [0.4, 0.5) is 5.69 Å². The molecule has 1 aliphatic rings. The minimum atomic E-state index is -1.32. The largest absolute Gasteiger partial charge is 0.480 e. The average Bonchev–Trinajstić information content (AvgIpc) is 2.54. The summed E-state index contributed by atoms with van der Waals surface area (Å²) in [7, 11) is 0. The second kappa shape index (κ2) is 4.31.